The molecule has 0 bridgehead atoms. The van der Waals surface area contributed by atoms with Crippen LogP contribution in [0.1, 0.15) is 40.4 Å². The van der Waals surface area contributed by atoms with Crippen molar-refractivity contribution in [3.8, 4) is 0 Å². The highest BCUT2D eigenvalue weighted by Gasteiger charge is 2.27. The van der Waals surface area contributed by atoms with E-state index in [9.17, 15) is 9.18 Å². The van der Waals surface area contributed by atoms with Crippen LogP contribution in [0.2, 0.25) is 5.02 Å². The van der Waals surface area contributed by atoms with Gasteiger partial charge in [0.05, 0.1) is 5.02 Å². The van der Waals surface area contributed by atoms with Crippen LogP contribution in [-0.4, -0.2) is 29.8 Å². The quantitative estimate of drug-likeness (QED) is 0.565. The van der Waals surface area contributed by atoms with E-state index in [-0.39, 0.29) is 16.8 Å². The van der Waals surface area contributed by atoms with Gasteiger partial charge in [-0.05, 0) is 54.3 Å². The number of aryl methyl sites for hydroxylation is 1. The summed E-state index contributed by atoms with van der Waals surface area (Å²) >= 11 is 5.84. The fourth-order valence-electron chi connectivity index (χ4n) is 3.95. The van der Waals surface area contributed by atoms with Crippen LogP contribution in [0.25, 0.3) is 5.57 Å². The maximum atomic E-state index is 13.4. The van der Waals surface area contributed by atoms with Gasteiger partial charge in [0.15, 0.2) is 0 Å². The van der Waals surface area contributed by atoms with Gasteiger partial charge in [-0.15, -0.1) is 0 Å². The molecule has 2 aromatic carbocycles. The van der Waals surface area contributed by atoms with Crippen LogP contribution in [0.5, 0.6) is 0 Å². The molecule has 1 atom stereocenters. The summed E-state index contributed by atoms with van der Waals surface area (Å²) in [6, 6.07) is 12.5. The zero-order valence-electron chi connectivity index (χ0n) is 18.2. The molecule has 1 amide bonds. The van der Waals surface area contributed by atoms with Crippen molar-refractivity contribution in [2.24, 2.45) is 7.05 Å². The summed E-state index contributed by atoms with van der Waals surface area (Å²) in [4.78, 5) is 15.1. The van der Waals surface area contributed by atoms with Gasteiger partial charge >= 0.3 is 0 Å². The summed E-state index contributed by atoms with van der Waals surface area (Å²) in [5.74, 6) is -0.443. The number of aromatic nitrogens is 2. The van der Waals surface area contributed by atoms with Crippen molar-refractivity contribution < 1.29 is 9.18 Å². The number of hydrogen-bond acceptors (Lipinski definition) is 4. The predicted molar refractivity (Wildman–Crippen MR) is 128 cm³/mol. The van der Waals surface area contributed by atoms with Crippen LogP contribution < -0.4 is 16.0 Å². The largest absolute Gasteiger partial charge is 0.383 e. The van der Waals surface area contributed by atoms with Crippen molar-refractivity contribution >= 4 is 40.3 Å². The molecule has 32 heavy (non-hydrogen) atoms. The average Bonchev–Trinajstić information content (AvgIpc) is 3.36. The Kier molecular flexibility index (Phi) is 5.93. The van der Waals surface area contributed by atoms with Gasteiger partial charge in [-0.1, -0.05) is 29.8 Å². The van der Waals surface area contributed by atoms with E-state index in [4.69, 9.17) is 17.3 Å². The first-order chi connectivity index (χ1) is 15.2. The first kappa shape index (κ1) is 21.9. The molecule has 1 unspecified atom stereocenters. The number of carbonyl (C=O) groups excluding carboxylic acids is 1. The molecule has 0 radical (unpaired) electrons. The lowest BCUT2D eigenvalue weighted by Gasteiger charge is -2.14. The summed E-state index contributed by atoms with van der Waals surface area (Å²) in [6.07, 6.45) is 3.89. The van der Waals surface area contributed by atoms with Crippen molar-refractivity contribution in [2.75, 3.05) is 30.0 Å². The highest BCUT2D eigenvalue weighted by Crippen LogP contribution is 2.39. The number of nitrogens with one attached hydrogen (secondary N) is 1. The summed E-state index contributed by atoms with van der Waals surface area (Å²) in [6.45, 7) is 0. The van der Waals surface area contributed by atoms with Crippen LogP contribution in [0.15, 0.2) is 48.5 Å². The Morgan fingerprint density at radius 1 is 1.25 bits per heavy atom. The second-order valence-electron chi connectivity index (χ2n) is 8.14. The molecular formula is C24H25ClFN5O. The Labute approximate surface area is 191 Å². The van der Waals surface area contributed by atoms with Gasteiger partial charge in [-0.3, -0.25) is 9.48 Å². The molecular weight excluding hydrogens is 429 g/mol. The predicted octanol–water partition coefficient (Wildman–Crippen LogP) is 5.07. The Hall–Kier alpha value is -3.32. The van der Waals surface area contributed by atoms with Gasteiger partial charge in [0, 0.05) is 38.4 Å². The molecule has 166 valence electrons. The van der Waals surface area contributed by atoms with E-state index in [0.29, 0.717) is 16.9 Å². The summed E-state index contributed by atoms with van der Waals surface area (Å²) in [5, 5.41) is 7.20. The molecule has 0 fully saturated rings. The SMILES string of the molecule is CN(C)c1ccc(C2C=C(c3nn(C)c(N)c3C(=O)Nc3ccc(F)c(Cl)c3)CC2)cc1. The summed E-state index contributed by atoms with van der Waals surface area (Å²) in [7, 11) is 5.73. The molecule has 0 saturated heterocycles. The van der Waals surface area contributed by atoms with Gasteiger partial charge in [-0.25, -0.2) is 4.39 Å². The van der Waals surface area contributed by atoms with Gasteiger partial charge in [0.1, 0.15) is 22.9 Å². The van der Waals surface area contributed by atoms with Gasteiger partial charge in [0.2, 0.25) is 0 Å². The van der Waals surface area contributed by atoms with Gasteiger partial charge in [0.25, 0.3) is 5.91 Å². The first-order valence-electron chi connectivity index (χ1n) is 10.3. The van der Waals surface area contributed by atoms with E-state index in [0.717, 1.165) is 24.1 Å². The zero-order chi connectivity index (χ0) is 23.0. The topological polar surface area (TPSA) is 76.2 Å². The van der Waals surface area contributed by atoms with Crippen molar-refractivity contribution in [1.29, 1.82) is 0 Å². The van der Waals surface area contributed by atoms with Crippen LogP contribution in [0.3, 0.4) is 0 Å². The lowest BCUT2D eigenvalue weighted by Crippen LogP contribution is -2.15. The number of nitrogens with zero attached hydrogens (tertiary/aromatic N) is 3. The molecule has 0 saturated carbocycles. The molecule has 0 spiro atoms. The number of nitrogen functional groups attached to an aromatic ring is 1. The molecule has 0 aliphatic heterocycles. The highest BCUT2D eigenvalue weighted by atomic mass is 35.5. The Bertz CT molecular complexity index is 1200. The van der Waals surface area contributed by atoms with Crippen molar-refractivity contribution in [1.82, 2.24) is 9.78 Å². The third-order valence-electron chi connectivity index (χ3n) is 5.76. The molecule has 3 N–H and O–H groups in total. The Morgan fingerprint density at radius 2 is 1.97 bits per heavy atom. The fourth-order valence-corrected chi connectivity index (χ4v) is 4.13. The molecule has 1 aromatic heterocycles. The van der Waals surface area contributed by atoms with Crippen LogP contribution >= 0.6 is 11.6 Å². The molecule has 1 heterocycles. The zero-order valence-corrected chi connectivity index (χ0v) is 18.9. The molecule has 1 aliphatic carbocycles. The first-order valence-corrected chi connectivity index (χ1v) is 10.7. The Balaban J connectivity index is 1.61. The molecule has 3 aromatic rings. The van der Waals surface area contributed by atoms with Gasteiger partial charge < -0.3 is 16.0 Å². The minimum atomic E-state index is -0.549. The van der Waals surface area contributed by atoms with Crippen LogP contribution in [-0.2, 0) is 7.05 Å². The monoisotopic (exact) mass is 453 g/mol. The van der Waals surface area contributed by atoms with E-state index >= 15 is 0 Å². The maximum Gasteiger partial charge on any atom is 0.261 e. The molecule has 8 heteroatoms. The van der Waals surface area contributed by atoms with Crippen LogP contribution in [0, 0.1) is 5.82 Å². The van der Waals surface area contributed by atoms with E-state index in [1.807, 2.05) is 14.1 Å². The second-order valence-corrected chi connectivity index (χ2v) is 8.55. The lowest BCUT2D eigenvalue weighted by molar-refractivity contribution is 0.102. The minimum Gasteiger partial charge on any atom is -0.383 e. The number of amides is 1. The van der Waals surface area contributed by atoms with E-state index in [2.05, 4.69) is 45.7 Å². The van der Waals surface area contributed by atoms with Crippen molar-refractivity contribution in [3.05, 3.63) is 76.2 Å². The Morgan fingerprint density at radius 3 is 2.62 bits per heavy atom. The maximum absolute atomic E-state index is 13.4. The molecule has 1 aliphatic rings. The van der Waals surface area contributed by atoms with E-state index in [1.54, 1.807) is 7.05 Å². The third-order valence-corrected chi connectivity index (χ3v) is 6.05. The molecule has 4 rings (SSSR count). The van der Waals surface area contributed by atoms with Crippen molar-refractivity contribution in [2.45, 2.75) is 18.8 Å². The number of anilines is 3. The highest BCUT2D eigenvalue weighted by molar-refractivity contribution is 6.31. The smallest absolute Gasteiger partial charge is 0.261 e. The summed E-state index contributed by atoms with van der Waals surface area (Å²) in [5.41, 5.74) is 10.8. The van der Waals surface area contributed by atoms with E-state index in [1.165, 1.54) is 28.4 Å². The standard InChI is InChI=1S/C24H25ClFN5O/c1-30(2)18-9-6-14(7-10-18)15-4-5-16(12-15)22-21(23(27)31(3)29-22)24(32)28-17-8-11-20(26)19(25)13-17/h6-13,15H,4-5,27H2,1-3H3,(H,28,32). The number of allylic oxidation sites excluding steroid dienone is 2. The number of rotatable bonds is 5. The van der Waals surface area contributed by atoms with E-state index < -0.39 is 11.7 Å². The second kappa shape index (κ2) is 8.67. The number of hydrogen-bond donors (Lipinski definition) is 2. The summed E-state index contributed by atoms with van der Waals surface area (Å²) < 4.78 is 14.9. The number of carbonyl (C=O) groups is 1. The number of nitrogens with two attached hydrogens (primary N) is 1. The average molecular weight is 454 g/mol. The normalized spacial score (nSPS) is 15.5. The minimum absolute atomic E-state index is 0.0659. The number of benzene rings is 2. The molecule has 6 nitrogen and oxygen atoms in total. The fraction of sp³-hybridized carbons (Fsp3) is 0.250. The number of halogens is 2. The van der Waals surface area contributed by atoms with Crippen LogP contribution in [0.4, 0.5) is 21.6 Å². The van der Waals surface area contributed by atoms with Crippen molar-refractivity contribution in [3.63, 3.8) is 0 Å². The lowest BCUT2D eigenvalue weighted by atomic mass is 9.98. The van der Waals surface area contributed by atoms with Gasteiger partial charge in [-0.2, -0.15) is 5.10 Å². The third kappa shape index (κ3) is 4.21.